The lowest BCUT2D eigenvalue weighted by Crippen LogP contribution is -2.42. The van der Waals surface area contributed by atoms with Crippen molar-refractivity contribution >= 4 is 18.3 Å². The van der Waals surface area contributed by atoms with E-state index in [-0.39, 0.29) is 25.6 Å². The van der Waals surface area contributed by atoms with Crippen LogP contribution in [0.25, 0.3) is 11.1 Å². The van der Waals surface area contributed by atoms with Gasteiger partial charge in [-0.15, -0.1) is 0 Å². The Labute approximate surface area is 163 Å². The first-order chi connectivity index (χ1) is 13.7. The second kappa shape index (κ2) is 8.99. The Balaban J connectivity index is 1.70. The molecule has 1 amide bonds. The van der Waals surface area contributed by atoms with Gasteiger partial charge in [0.15, 0.2) is 0 Å². The van der Waals surface area contributed by atoms with Crippen LogP contribution in [0.15, 0.2) is 61.2 Å². The maximum atomic E-state index is 12.5. The summed E-state index contributed by atoms with van der Waals surface area (Å²) in [6.07, 6.45) is 0.960. The van der Waals surface area contributed by atoms with E-state index in [4.69, 9.17) is 9.47 Å². The molecule has 0 heterocycles. The van der Waals surface area contributed by atoms with Gasteiger partial charge in [-0.05, 0) is 22.3 Å². The van der Waals surface area contributed by atoms with E-state index in [0.717, 1.165) is 22.3 Å². The molecule has 1 aliphatic carbocycles. The second-order valence-corrected chi connectivity index (χ2v) is 6.34. The van der Waals surface area contributed by atoms with E-state index in [2.05, 4.69) is 11.9 Å². The van der Waals surface area contributed by atoms with Crippen molar-refractivity contribution in [1.82, 2.24) is 5.32 Å². The molecule has 0 radical (unpaired) electrons. The molecule has 3 rings (SSSR count). The number of nitrogens with one attached hydrogen (secondary N) is 1. The molecule has 28 heavy (non-hydrogen) atoms. The van der Waals surface area contributed by atoms with Crippen LogP contribution >= 0.6 is 0 Å². The van der Waals surface area contributed by atoms with Crippen LogP contribution in [-0.4, -0.2) is 37.6 Å². The van der Waals surface area contributed by atoms with Gasteiger partial charge in [0.25, 0.3) is 0 Å². The van der Waals surface area contributed by atoms with E-state index < -0.39 is 18.1 Å². The van der Waals surface area contributed by atoms with Crippen molar-refractivity contribution in [2.24, 2.45) is 0 Å². The van der Waals surface area contributed by atoms with E-state index in [0.29, 0.717) is 6.29 Å². The Kier molecular flexibility index (Phi) is 6.22. The summed E-state index contributed by atoms with van der Waals surface area (Å²) in [5.74, 6) is -0.773. The van der Waals surface area contributed by atoms with Gasteiger partial charge in [0, 0.05) is 12.3 Å². The summed E-state index contributed by atoms with van der Waals surface area (Å²) in [4.78, 5) is 35.0. The molecule has 0 spiro atoms. The largest absolute Gasteiger partial charge is 0.463 e. The van der Waals surface area contributed by atoms with Crippen molar-refractivity contribution in [3.63, 3.8) is 0 Å². The Morgan fingerprint density at radius 1 is 1.04 bits per heavy atom. The first kappa shape index (κ1) is 19.4. The minimum Gasteiger partial charge on any atom is -0.463 e. The summed E-state index contributed by atoms with van der Waals surface area (Å²) in [5, 5.41) is 2.35. The number of carbonyl (C=O) groups is 3. The van der Waals surface area contributed by atoms with Crippen molar-refractivity contribution in [1.29, 1.82) is 0 Å². The Morgan fingerprint density at radius 3 is 2.21 bits per heavy atom. The summed E-state index contributed by atoms with van der Waals surface area (Å²) in [6, 6.07) is 14.9. The number of hydrogen-bond donors (Lipinski definition) is 1. The molecule has 0 unspecified atom stereocenters. The van der Waals surface area contributed by atoms with Gasteiger partial charge >= 0.3 is 12.1 Å². The van der Waals surface area contributed by atoms with Crippen LogP contribution in [0.4, 0.5) is 4.79 Å². The molecule has 0 bridgehead atoms. The lowest BCUT2D eigenvalue weighted by atomic mass is 9.98. The second-order valence-electron chi connectivity index (χ2n) is 6.34. The molecular formula is C22H21NO5. The monoisotopic (exact) mass is 379 g/mol. The predicted octanol–water partition coefficient (Wildman–Crippen LogP) is 3.21. The summed E-state index contributed by atoms with van der Waals surface area (Å²) in [5.41, 5.74) is 4.41. The molecule has 2 aromatic carbocycles. The molecule has 0 saturated heterocycles. The van der Waals surface area contributed by atoms with E-state index in [1.807, 2.05) is 48.5 Å². The SMILES string of the molecule is C=CCOC(=O)N[C@@H](CC=O)C(=O)OCC1c2ccccc2-c2ccccc21. The predicted molar refractivity (Wildman–Crippen MR) is 104 cm³/mol. The van der Waals surface area contributed by atoms with E-state index in [9.17, 15) is 14.4 Å². The fourth-order valence-electron chi connectivity index (χ4n) is 3.33. The number of esters is 1. The Hall–Kier alpha value is -3.41. The van der Waals surface area contributed by atoms with E-state index >= 15 is 0 Å². The number of ether oxygens (including phenoxy) is 2. The topological polar surface area (TPSA) is 81.7 Å². The smallest absolute Gasteiger partial charge is 0.408 e. The molecule has 1 N–H and O–H groups in total. The van der Waals surface area contributed by atoms with Gasteiger partial charge in [0.05, 0.1) is 0 Å². The van der Waals surface area contributed by atoms with Gasteiger partial charge < -0.3 is 19.6 Å². The number of alkyl carbamates (subject to hydrolysis) is 1. The summed E-state index contributed by atoms with van der Waals surface area (Å²) < 4.78 is 10.3. The fourth-order valence-corrected chi connectivity index (χ4v) is 3.33. The Morgan fingerprint density at radius 2 is 1.64 bits per heavy atom. The van der Waals surface area contributed by atoms with Crippen LogP contribution in [0, 0.1) is 0 Å². The average Bonchev–Trinajstić information content (AvgIpc) is 3.04. The number of rotatable bonds is 8. The molecular weight excluding hydrogens is 358 g/mol. The highest BCUT2D eigenvalue weighted by Crippen LogP contribution is 2.44. The number of amides is 1. The third kappa shape index (κ3) is 4.11. The normalized spacial score (nSPS) is 13.0. The van der Waals surface area contributed by atoms with Crippen molar-refractivity contribution < 1.29 is 23.9 Å². The first-order valence-corrected chi connectivity index (χ1v) is 8.98. The van der Waals surface area contributed by atoms with Crippen molar-refractivity contribution in [2.45, 2.75) is 18.4 Å². The highest BCUT2D eigenvalue weighted by atomic mass is 16.6. The molecule has 1 atom stereocenters. The molecule has 0 saturated carbocycles. The average molecular weight is 379 g/mol. The molecule has 0 aromatic heterocycles. The van der Waals surface area contributed by atoms with E-state index in [1.54, 1.807) is 0 Å². The number of aldehydes is 1. The molecule has 2 aromatic rings. The maximum absolute atomic E-state index is 12.5. The molecule has 144 valence electrons. The van der Waals surface area contributed by atoms with Gasteiger partial charge in [-0.2, -0.15) is 0 Å². The lowest BCUT2D eigenvalue weighted by Gasteiger charge is -2.18. The maximum Gasteiger partial charge on any atom is 0.408 e. The number of benzene rings is 2. The van der Waals surface area contributed by atoms with E-state index in [1.165, 1.54) is 6.08 Å². The number of fused-ring (bicyclic) bond motifs is 3. The minimum atomic E-state index is -1.10. The molecule has 6 nitrogen and oxygen atoms in total. The number of carbonyl (C=O) groups excluding carboxylic acids is 3. The fraction of sp³-hybridized carbons (Fsp3) is 0.227. The summed E-state index contributed by atoms with van der Waals surface area (Å²) in [7, 11) is 0. The van der Waals surface area contributed by atoms with Gasteiger partial charge in [0.2, 0.25) is 0 Å². The van der Waals surface area contributed by atoms with Gasteiger partial charge in [-0.1, -0.05) is 61.2 Å². The quantitative estimate of drug-likeness (QED) is 0.433. The zero-order chi connectivity index (χ0) is 19.9. The van der Waals surface area contributed by atoms with Crippen LogP contribution < -0.4 is 5.32 Å². The Bertz CT molecular complexity index is 847. The van der Waals surface area contributed by atoms with Crippen LogP contribution in [0.1, 0.15) is 23.5 Å². The zero-order valence-corrected chi connectivity index (χ0v) is 15.3. The van der Waals surface area contributed by atoms with Crippen LogP contribution in [0.2, 0.25) is 0 Å². The lowest BCUT2D eigenvalue weighted by molar-refractivity contribution is -0.147. The third-order valence-corrected chi connectivity index (χ3v) is 4.60. The van der Waals surface area contributed by atoms with Crippen LogP contribution in [0.5, 0.6) is 0 Å². The van der Waals surface area contributed by atoms with Crippen molar-refractivity contribution in [3.05, 3.63) is 72.3 Å². The standard InChI is InChI=1S/C22H21NO5/c1-2-13-27-22(26)23-20(11-12-24)21(25)28-14-19-17-9-5-3-7-15(17)16-8-4-6-10-18(16)19/h2-10,12,19-20H,1,11,13-14H2,(H,23,26)/t20-/m0/s1. The van der Waals surface area contributed by atoms with Gasteiger partial charge in [0.1, 0.15) is 25.5 Å². The van der Waals surface area contributed by atoms with Gasteiger partial charge in [-0.3, -0.25) is 0 Å². The zero-order valence-electron chi connectivity index (χ0n) is 15.3. The van der Waals surface area contributed by atoms with Crippen LogP contribution in [0.3, 0.4) is 0 Å². The van der Waals surface area contributed by atoms with Crippen molar-refractivity contribution in [2.75, 3.05) is 13.2 Å². The molecule has 6 heteroatoms. The summed E-state index contributed by atoms with van der Waals surface area (Å²) in [6.45, 7) is 3.56. The van der Waals surface area contributed by atoms with Crippen molar-refractivity contribution in [3.8, 4) is 11.1 Å². The molecule has 0 aliphatic heterocycles. The van der Waals surface area contributed by atoms with Crippen LogP contribution in [-0.2, 0) is 19.1 Å². The minimum absolute atomic E-state index is 0.00430. The first-order valence-electron chi connectivity index (χ1n) is 8.98. The highest BCUT2D eigenvalue weighted by molar-refractivity contribution is 5.84. The summed E-state index contributed by atoms with van der Waals surface area (Å²) >= 11 is 0. The van der Waals surface area contributed by atoms with Gasteiger partial charge in [-0.25, -0.2) is 9.59 Å². The highest BCUT2D eigenvalue weighted by Gasteiger charge is 2.30. The molecule has 1 aliphatic rings. The number of hydrogen-bond acceptors (Lipinski definition) is 5. The molecule has 0 fully saturated rings. The third-order valence-electron chi connectivity index (χ3n) is 4.60.